The van der Waals surface area contributed by atoms with E-state index in [-0.39, 0.29) is 52.4 Å². The molecule has 3 aliphatic carbocycles. The summed E-state index contributed by atoms with van der Waals surface area (Å²) in [6.07, 6.45) is 37.3. The molecule has 3 rings (SSSR count). The summed E-state index contributed by atoms with van der Waals surface area (Å²) in [5.74, 6) is 3.40. The van der Waals surface area contributed by atoms with Gasteiger partial charge in [-0.2, -0.15) is 0 Å². The summed E-state index contributed by atoms with van der Waals surface area (Å²) in [6, 6.07) is 0. The number of carboxylic acid groups (broad SMARTS) is 1. The highest BCUT2D eigenvalue weighted by atomic mass is 16.7. The van der Waals surface area contributed by atoms with Crippen LogP contribution in [-0.2, 0) is 42.9 Å². The maximum atomic E-state index is 12.4. The van der Waals surface area contributed by atoms with Crippen LogP contribution in [0.5, 0.6) is 0 Å². The largest absolute Gasteiger partial charge is 0.481 e. The van der Waals surface area contributed by atoms with Gasteiger partial charge in [0.2, 0.25) is 0 Å². The first-order valence-corrected chi connectivity index (χ1v) is 26.9. The van der Waals surface area contributed by atoms with E-state index in [9.17, 15) is 14.4 Å². The van der Waals surface area contributed by atoms with Crippen molar-refractivity contribution in [3.05, 3.63) is 36.0 Å². The van der Waals surface area contributed by atoms with Crippen molar-refractivity contribution < 1.29 is 48.0 Å². The van der Waals surface area contributed by atoms with E-state index >= 15 is 0 Å². The third-order valence-electron chi connectivity index (χ3n) is 14.2. The number of allylic oxidation sites excluding steroid dienone is 6. The van der Waals surface area contributed by atoms with E-state index in [1.54, 1.807) is 0 Å². The summed E-state index contributed by atoms with van der Waals surface area (Å²) in [6.45, 7) is 19.5. The Balaban J connectivity index is 0.00000129. The standard InChI is InChI=1S/C29H50O9.C26H46.C2H4O.CH4/c1-4-6-8-10-12-14-20-35-29(36-21-15-13-11-9-7-5-2)19-18-28(33)38-24-25(22-34-3)23-37-27(32)17-16-26(30)31;1-6-23-21(18-20(4)11-9-10-19(2)3)13-16-25-24(23)15-14-22-12-7-8-17-26(22,25)5;1-2-3;/h6-9,25,29H,4-5,10-24H2,1-3H3,(H,30,31);14,19-21,23-25H,6-13,15-18H2,1-5H3;2H,1H3;1H4/b8-6-,9-7-;;;/t;20?,21?,23?,24?,25?,26-;;/m.0../s1. The van der Waals surface area contributed by atoms with Crippen molar-refractivity contribution in [1.29, 1.82) is 0 Å². The highest BCUT2D eigenvalue weighted by Gasteiger charge is 2.50. The zero-order valence-electron chi connectivity index (χ0n) is 44.2. The lowest BCUT2D eigenvalue weighted by molar-refractivity contribution is -0.161. The van der Waals surface area contributed by atoms with Crippen molar-refractivity contribution >= 4 is 24.2 Å². The Morgan fingerprint density at radius 3 is 1.94 bits per heavy atom. The molecule has 2 fully saturated rings. The van der Waals surface area contributed by atoms with Gasteiger partial charge in [-0.1, -0.05) is 124 Å². The summed E-state index contributed by atoms with van der Waals surface area (Å²) in [4.78, 5) is 43.4. The molecule has 3 aliphatic rings. The van der Waals surface area contributed by atoms with Crippen LogP contribution in [0.2, 0.25) is 0 Å². The average molecular weight is 961 g/mol. The van der Waals surface area contributed by atoms with Gasteiger partial charge in [0.1, 0.15) is 6.29 Å². The Hall–Kier alpha value is -2.82. The van der Waals surface area contributed by atoms with Crippen LogP contribution in [0.1, 0.15) is 217 Å². The van der Waals surface area contributed by atoms with Gasteiger partial charge in [0.05, 0.1) is 45.0 Å². The van der Waals surface area contributed by atoms with Crippen molar-refractivity contribution in [3.63, 3.8) is 0 Å². The van der Waals surface area contributed by atoms with Crippen LogP contribution < -0.4 is 0 Å². The number of hydrogen-bond donors (Lipinski definition) is 1. The minimum absolute atomic E-state index is 0. The number of ether oxygens (including phenoxy) is 5. The number of aliphatic carboxylic acids is 1. The molecule has 396 valence electrons. The summed E-state index contributed by atoms with van der Waals surface area (Å²) in [5, 5.41) is 8.65. The van der Waals surface area contributed by atoms with Crippen molar-refractivity contribution in [2.45, 2.75) is 223 Å². The lowest BCUT2D eigenvalue weighted by Crippen LogP contribution is -2.46. The van der Waals surface area contributed by atoms with E-state index < -0.39 is 24.2 Å². The van der Waals surface area contributed by atoms with Crippen LogP contribution in [0.4, 0.5) is 0 Å². The molecule has 0 aromatic rings. The predicted molar refractivity (Wildman–Crippen MR) is 279 cm³/mol. The van der Waals surface area contributed by atoms with Gasteiger partial charge in [-0.3, -0.25) is 14.4 Å². The molecule has 68 heavy (non-hydrogen) atoms. The number of carboxylic acids is 1. The van der Waals surface area contributed by atoms with E-state index in [2.05, 4.69) is 78.8 Å². The lowest BCUT2D eigenvalue weighted by atomic mass is 9.49. The van der Waals surface area contributed by atoms with Crippen LogP contribution in [0.3, 0.4) is 0 Å². The number of methoxy groups -OCH3 is 1. The van der Waals surface area contributed by atoms with Gasteiger partial charge >= 0.3 is 17.9 Å². The van der Waals surface area contributed by atoms with Crippen LogP contribution in [0.15, 0.2) is 36.0 Å². The fourth-order valence-electron chi connectivity index (χ4n) is 10.7. The molecule has 0 amide bonds. The number of unbranched alkanes of at least 4 members (excludes halogenated alkanes) is 4. The Labute approximate surface area is 416 Å². The van der Waals surface area contributed by atoms with Crippen molar-refractivity contribution in [2.75, 3.05) is 40.1 Å². The monoisotopic (exact) mass is 961 g/mol. The molecule has 0 aromatic carbocycles. The second-order valence-corrected chi connectivity index (χ2v) is 20.2. The van der Waals surface area contributed by atoms with E-state index in [0.717, 1.165) is 93.2 Å². The summed E-state index contributed by atoms with van der Waals surface area (Å²) >= 11 is 0. The molecule has 0 heterocycles. The van der Waals surface area contributed by atoms with Gasteiger partial charge in [-0.15, -0.1) is 0 Å². The van der Waals surface area contributed by atoms with Crippen LogP contribution in [-0.4, -0.2) is 75.7 Å². The van der Waals surface area contributed by atoms with Crippen LogP contribution in [0, 0.1) is 46.8 Å². The number of hydrogen-bond acceptors (Lipinski definition) is 9. The highest BCUT2D eigenvalue weighted by molar-refractivity contribution is 5.76. The third-order valence-corrected chi connectivity index (χ3v) is 14.2. The van der Waals surface area contributed by atoms with E-state index in [1.807, 2.05) is 5.57 Å². The summed E-state index contributed by atoms with van der Waals surface area (Å²) in [7, 11) is 1.50. The Bertz CT molecular complexity index is 1360. The van der Waals surface area contributed by atoms with Gasteiger partial charge < -0.3 is 33.6 Å². The fourth-order valence-corrected chi connectivity index (χ4v) is 10.7. The topological polar surface area (TPSA) is 135 Å². The molecule has 0 bridgehead atoms. The fraction of sp³-hybridized carbons (Fsp3) is 0.828. The number of fused-ring (bicyclic) bond motifs is 3. The van der Waals surface area contributed by atoms with E-state index in [4.69, 9.17) is 33.6 Å². The minimum atomic E-state index is -1.07. The molecule has 7 atom stereocenters. The second kappa shape index (κ2) is 40.9. The molecule has 2 saturated carbocycles. The van der Waals surface area contributed by atoms with Gasteiger partial charge in [-0.05, 0) is 144 Å². The van der Waals surface area contributed by atoms with Crippen molar-refractivity contribution in [3.8, 4) is 0 Å². The van der Waals surface area contributed by atoms with Gasteiger partial charge in [0, 0.05) is 26.7 Å². The molecule has 0 aliphatic heterocycles. The summed E-state index contributed by atoms with van der Waals surface area (Å²) < 4.78 is 27.4. The molecule has 0 spiro atoms. The number of carbonyl (C=O) groups is 4. The van der Waals surface area contributed by atoms with Crippen LogP contribution >= 0.6 is 0 Å². The van der Waals surface area contributed by atoms with Crippen molar-refractivity contribution in [1.82, 2.24) is 0 Å². The lowest BCUT2D eigenvalue weighted by Gasteiger charge is -2.55. The normalized spacial score (nSPS) is 21.8. The van der Waals surface area contributed by atoms with Gasteiger partial charge in [-0.25, -0.2) is 0 Å². The van der Waals surface area contributed by atoms with Gasteiger partial charge in [0.15, 0.2) is 6.29 Å². The molecule has 10 heteroatoms. The predicted octanol–water partition coefficient (Wildman–Crippen LogP) is 14.9. The Morgan fingerprint density at radius 2 is 1.40 bits per heavy atom. The SMILES string of the molecule is C.CC/C=C\CCCCOC(CCC(=O)OCC(COC)COC(=O)CCC(=O)O)OCCCC/C=C\CC.CC=O.CCC1C(CC(C)CCCC(C)C)CCC2C1CC=C1CCCC[C@@]12C. The first kappa shape index (κ1) is 65.2. The number of esters is 2. The molecular weight excluding hydrogens is 857 g/mol. The number of rotatable bonds is 33. The van der Waals surface area contributed by atoms with Crippen molar-refractivity contribution in [2.24, 2.45) is 46.8 Å². The zero-order valence-corrected chi connectivity index (χ0v) is 44.2. The van der Waals surface area contributed by atoms with Crippen LogP contribution in [0.25, 0.3) is 0 Å². The maximum Gasteiger partial charge on any atom is 0.306 e. The van der Waals surface area contributed by atoms with E-state index in [0.29, 0.717) is 25.0 Å². The number of carbonyl (C=O) groups excluding carboxylic acids is 3. The molecule has 1 N–H and O–H groups in total. The average Bonchev–Trinajstić information content (AvgIpc) is 3.30. The molecule has 10 nitrogen and oxygen atoms in total. The molecule has 6 unspecified atom stereocenters. The first-order chi connectivity index (χ1) is 32.3. The van der Waals surface area contributed by atoms with Gasteiger partial charge in [0.25, 0.3) is 0 Å². The first-order valence-electron chi connectivity index (χ1n) is 26.9. The maximum absolute atomic E-state index is 12.4. The zero-order chi connectivity index (χ0) is 49.7. The summed E-state index contributed by atoms with van der Waals surface area (Å²) in [5.41, 5.74) is 2.43. The molecular formula is C58H104O10. The minimum Gasteiger partial charge on any atom is -0.481 e. The number of aldehydes is 1. The second-order valence-electron chi connectivity index (χ2n) is 20.2. The highest BCUT2D eigenvalue weighted by Crippen LogP contribution is 2.59. The third kappa shape index (κ3) is 28.7. The quantitative estimate of drug-likeness (QED) is 0.0223. The Kier molecular flexibility index (Phi) is 39.2. The Morgan fingerprint density at radius 1 is 0.794 bits per heavy atom. The smallest absolute Gasteiger partial charge is 0.306 e. The van der Waals surface area contributed by atoms with E-state index in [1.165, 1.54) is 91.1 Å². The molecule has 0 saturated heterocycles. The molecule has 0 aromatic heterocycles. The molecule has 0 radical (unpaired) electrons.